The van der Waals surface area contributed by atoms with E-state index in [1.165, 1.54) is 4.80 Å². The maximum atomic E-state index is 12.1. The summed E-state index contributed by atoms with van der Waals surface area (Å²) in [4.78, 5) is 20.9. The number of fused-ring (bicyclic) bond motifs is 1. The molecule has 2 aromatic heterocycles. The Morgan fingerprint density at radius 1 is 1.27 bits per heavy atom. The zero-order valence-electron chi connectivity index (χ0n) is 13.8. The van der Waals surface area contributed by atoms with Gasteiger partial charge in [-0.3, -0.25) is 4.79 Å². The summed E-state index contributed by atoms with van der Waals surface area (Å²) in [6.45, 7) is 1.83. The van der Waals surface area contributed by atoms with E-state index in [4.69, 9.17) is 11.6 Å². The fourth-order valence-electron chi connectivity index (χ4n) is 2.58. The summed E-state index contributed by atoms with van der Waals surface area (Å²) in [5, 5.41) is 15.4. The Bertz CT molecular complexity index is 1100. The molecule has 0 aliphatic rings. The minimum atomic E-state index is -0.290. The van der Waals surface area contributed by atoms with Crippen molar-refractivity contribution in [2.75, 3.05) is 5.32 Å². The summed E-state index contributed by atoms with van der Waals surface area (Å²) in [6, 6.07) is 12.7. The molecular formula is C17H14ClN7O. The van der Waals surface area contributed by atoms with Gasteiger partial charge in [0.05, 0.1) is 21.7 Å². The van der Waals surface area contributed by atoms with Crippen LogP contribution in [0.2, 0.25) is 5.02 Å². The summed E-state index contributed by atoms with van der Waals surface area (Å²) in [5.74, 6) is 0.983. The lowest BCUT2D eigenvalue weighted by molar-refractivity contribution is -0.117. The molecule has 0 saturated heterocycles. The Morgan fingerprint density at radius 2 is 2.12 bits per heavy atom. The van der Waals surface area contributed by atoms with E-state index >= 15 is 0 Å². The number of hydrogen-bond donors (Lipinski definition) is 2. The molecule has 2 N–H and O–H groups in total. The highest BCUT2D eigenvalue weighted by Gasteiger charge is 2.12. The molecule has 0 unspecified atom stereocenters. The van der Waals surface area contributed by atoms with Crippen molar-refractivity contribution in [3.63, 3.8) is 0 Å². The average Bonchev–Trinajstić information content (AvgIpc) is 3.21. The summed E-state index contributed by atoms with van der Waals surface area (Å²) < 4.78 is 0. The van der Waals surface area contributed by atoms with Crippen LogP contribution in [0, 0.1) is 6.92 Å². The first-order chi connectivity index (χ1) is 12.6. The number of aromatic amines is 1. The Balaban J connectivity index is 1.50. The summed E-state index contributed by atoms with van der Waals surface area (Å²) in [7, 11) is 0. The SMILES string of the molecule is Cc1nc2ccc(-c3nnn(CC(=O)Nc4ccccc4Cl)n3)cc2[nH]1. The number of amides is 1. The Morgan fingerprint density at radius 3 is 2.96 bits per heavy atom. The Kier molecular flexibility index (Phi) is 4.10. The number of imidazole rings is 1. The van der Waals surface area contributed by atoms with Crippen LogP contribution in [0.25, 0.3) is 22.4 Å². The van der Waals surface area contributed by atoms with Crippen molar-refractivity contribution < 1.29 is 4.79 Å². The molecule has 4 rings (SSSR count). The highest BCUT2D eigenvalue weighted by molar-refractivity contribution is 6.33. The van der Waals surface area contributed by atoms with Gasteiger partial charge in [-0.1, -0.05) is 23.7 Å². The third kappa shape index (κ3) is 3.27. The minimum Gasteiger partial charge on any atom is -0.342 e. The van der Waals surface area contributed by atoms with E-state index in [-0.39, 0.29) is 12.5 Å². The van der Waals surface area contributed by atoms with Crippen molar-refractivity contribution in [3.05, 3.63) is 53.3 Å². The Labute approximate surface area is 153 Å². The third-order valence-corrected chi connectivity index (χ3v) is 4.07. The molecule has 0 atom stereocenters. The molecule has 1 amide bonds. The van der Waals surface area contributed by atoms with Crippen molar-refractivity contribution in [1.29, 1.82) is 0 Å². The molecule has 0 fully saturated rings. The molecule has 0 saturated carbocycles. The van der Waals surface area contributed by atoms with Crippen molar-refractivity contribution in [2.24, 2.45) is 0 Å². The number of carbonyl (C=O) groups excluding carboxylic acids is 1. The lowest BCUT2D eigenvalue weighted by atomic mass is 10.2. The first kappa shape index (κ1) is 16.2. The van der Waals surface area contributed by atoms with Crippen LogP contribution < -0.4 is 5.32 Å². The van der Waals surface area contributed by atoms with Gasteiger partial charge in [-0.05, 0) is 42.5 Å². The van der Waals surface area contributed by atoms with Crippen LogP contribution in [0.4, 0.5) is 5.69 Å². The van der Waals surface area contributed by atoms with E-state index in [2.05, 4.69) is 30.7 Å². The average molecular weight is 368 g/mol. The number of tetrazole rings is 1. The molecule has 8 nitrogen and oxygen atoms in total. The summed E-state index contributed by atoms with van der Waals surface area (Å²) in [5.41, 5.74) is 3.10. The Hall–Kier alpha value is -3.26. The predicted octanol–water partition coefficient (Wildman–Crippen LogP) is 2.82. The van der Waals surface area contributed by atoms with Crippen LogP contribution in [0.5, 0.6) is 0 Å². The van der Waals surface area contributed by atoms with Crippen LogP contribution in [0.3, 0.4) is 0 Å². The van der Waals surface area contributed by atoms with Crippen LogP contribution in [-0.2, 0) is 11.3 Å². The van der Waals surface area contributed by atoms with Crippen molar-refractivity contribution >= 4 is 34.2 Å². The van der Waals surface area contributed by atoms with E-state index in [0.717, 1.165) is 22.4 Å². The maximum absolute atomic E-state index is 12.1. The van der Waals surface area contributed by atoms with Gasteiger partial charge >= 0.3 is 0 Å². The largest absolute Gasteiger partial charge is 0.342 e. The molecule has 9 heteroatoms. The van der Waals surface area contributed by atoms with Gasteiger partial charge in [0.25, 0.3) is 0 Å². The van der Waals surface area contributed by atoms with E-state index in [0.29, 0.717) is 16.5 Å². The fourth-order valence-corrected chi connectivity index (χ4v) is 2.77. The first-order valence-corrected chi connectivity index (χ1v) is 8.25. The number of halogens is 1. The lowest BCUT2D eigenvalue weighted by Gasteiger charge is -2.05. The van der Waals surface area contributed by atoms with E-state index in [1.54, 1.807) is 24.3 Å². The number of aromatic nitrogens is 6. The molecule has 26 heavy (non-hydrogen) atoms. The summed E-state index contributed by atoms with van der Waals surface area (Å²) >= 11 is 6.03. The molecule has 2 aromatic carbocycles. The molecule has 0 aliphatic heterocycles. The summed E-state index contributed by atoms with van der Waals surface area (Å²) in [6.07, 6.45) is 0. The molecule has 130 valence electrons. The van der Waals surface area contributed by atoms with Gasteiger partial charge in [-0.25, -0.2) is 4.98 Å². The van der Waals surface area contributed by atoms with Gasteiger partial charge in [0, 0.05) is 5.56 Å². The molecule has 0 aliphatic carbocycles. The number of aryl methyl sites for hydroxylation is 1. The number of anilines is 1. The van der Waals surface area contributed by atoms with Gasteiger partial charge in [0.1, 0.15) is 12.4 Å². The lowest BCUT2D eigenvalue weighted by Crippen LogP contribution is -2.20. The van der Waals surface area contributed by atoms with Crippen LogP contribution in [0.15, 0.2) is 42.5 Å². The topological polar surface area (TPSA) is 101 Å². The van der Waals surface area contributed by atoms with Gasteiger partial charge < -0.3 is 10.3 Å². The maximum Gasteiger partial charge on any atom is 0.248 e. The number of nitrogens with zero attached hydrogens (tertiary/aromatic N) is 5. The van der Waals surface area contributed by atoms with E-state index in [1.807, 2.05) is 25.1 Å². The normalized spacial score (nSPS) is 11.0. The van der Waals surface area contributed by atoms with E-state index < -0.39 is 0 Å². The van der Waals surface area contributed by atoms with Gasteiger partial charge in [0.15, 0.2) is 0 Å². The molecule has 4 aromatic rings. The number of benzene rings is 2. The number of para-hydroxylation sites is 1. The van der Waals surface area contributed by atoms with Crippen molar-refractivity contribution in [3.8, 4) is 11.4 Å². The van der Waals surface area contributed by atoms with Crippen LogP contribution in [-0.4, -0.2) is 36.1 Å². The minimum absolute atomic E-state index is 0.0658. The predicted molar refractivity (Wildman–Crippen MR) is 97.7 cm³/mol. The second-order valence-corrected chi connectivity index (χ2v) is 6.13. The zero-order valence-corrected chi connectivity index (χ0v) is 14.5. The van der Waals surface area contributed by atoms with E-state index in [9.17, 15) is 4.79 Å². The molecular weight excluding hydrogens is 354 g/mol. The van der Waals surface area contributed by atoms with Crippen LogP contribution >= 0.6 is 11.6 Å². The standard InChI is InChI=1S/C17H14ClN7O/c1-10-19-14-7-6-11(8-15(14)20-10)17-22-24-25(23-17)9-16(26)21-13-5-3-2-4-12(13)18/h2-8H,9H2,1H3,(H,19,20)(H,21,26). The smallest absolute Gasteiger partial charge is 0.248 e. The van der Waals surface area contributed by atoms with Gasteiger partial charge in [-0.2, -0.15) is 4.80 Å². The fraction of sp³-hybridized carbons (Fsp3) is 0.118. The monoisotopic (exact) mass is 367 g/mol. The van der Waals surface area contributed by atoms with Crippen molar-refractivity contribution in [2.45, 2.75) is 13.5 Å². The zero-order chi connectivity index (χ0) is 18.1. The molecule has 0 spiro atoms. The van der Waals surface area contributed by atoms with Gasteiger partial charge in [0.2, 0.25) is 11.7 Å². The molecule has 2 heterocycles. The van der Waals surface area contributed by atoms with Gasteiger partial charge in [-0.15, -0.1) is 10.2 Å². The molecule has 0 bridgehead atoms. The highest BCUT2D eigenvalue weighted by atomic mass is 35.5. The quantitative estimate of drug-likeness (QED) is 0.577. The van der Waals surface area contributed by atoms with Crippen LogP contribution in [0.1, 0.15) is 5.82 Å². The highest BCUT2D eigenvalue weighted by Crippen LogP contribution is 2.21. The number of hydrogen-bond acceptors (Lipinski definition) is 5. The number of carbonyl (C=O) groups is 1. The van der Waals surface area contributed by atoms with Crippen molar-refractivity contribution in [1.82, 2.24) is 30.2 Å². The number of rotatable bonds is 4. The second kappa shape index (κ2) is 6.57. The number of nitrogens with one attached hydrogen (secondary N) is 2. The number of H-pyrrole nitrogens is 1. The first-order valence-electron chi connectivity index (χ1n) is 7.87. The second-order valence-electron chi connectivity index (χ2n) is 5.73. The third-order valence-electron chi connectivity index (χ3n) is 3.74. The molecule has 0 radical (unpaired) electrons.